The molecule has 0 bridgehead atoms. The van der Waals surface area contributed by atoms with Gasteiger partial charge in [0.05, 0.1) is 6.20 Å². The highest BCUT2D eigenvalue weighted by Crippen LogP contribution is 2.19. The molecule has 2 heterocycles. The van der Waals surface area contributed by atoms with Crippen LogP contribution in [0.4, 0.5) is 0 Å². The third kappa shape index (κ3) is 5.23. The van der Waals surface area contributed by atoms with E-state index in [0.29, 0.717) is 29.1 Å². The fourth-order valence-corrected chi connectivity index (χ4v) is 3.64. The molecule has 0 aliphatic rings. The van der Waals surface area contributed by atoms with E-state index in [1.165, 1.54) is 17.3 Å². The molecular formula is C21H21N5O2S. The standard InChI is InChI=1S/C21H21N5O2S/c27-21(22-11-12-29-20-14-23-26-25-20)16-9-10-18-17(13-16)24-19(28-18)8-4-7-15-5-2-1-3-6-15/h1-3,5-6,9-10,13-14H,4,7-8,11-12H2,(H,22,27)(H,23,25,26). The van der Waals surface area contributed by atoms with Crippen LogP contribution in [-0.4, -0.2) is 38.6 Å². The number of nitrogens with one attached hydrogen (secondary N) is 2. The van der Waals surface area contributed by atoms with Gasteiger partial charge in [0, 0.05) is 24.3 Å². The number of aryl methyl sites for hydroxylation is 2. The maximum atomic E-state index is 12.4. The Kier molecular flexibility index (Phi) is 6.21. The summed E-state index contributed by atoms with van der Waals surface area (Å²) in [6.07, 6.45) is 4.37. The topological polar surface area (TPSA) is 96.7 Å². The minimum atomic E-state index is -0.124. The lowest BCUT2D eigenvalue weighted by Gasteiger charge is -2.04. The van der Waals surface area contributed by atoms with E-state index >= 15 is 0 Å². The molecule has 2 aromatic carbocycles. The van der Waals surface area contributed by atoms with Crippen molar-refractivity contribution in [3.8, 4) is 0 Å². The van der Waals surface area contributed by atoms with Crippen LogP contribution < -0.4 is 5.32 Å². The van der Waals surface area contributed by atoms with E-state index < -0.39 is 0 Å². The van der Waals surface area contributed by atoms with E-state index in [2.05, 4.69) is 50.0 Å². The second kappa shape index (κ2) is 9.38. The quantitative estimate of drug-likeness (QED) is 0.325. The Hall–Kier alpha value is -3.13. The number of oxazole rings is 1. The number of aromatic amines is 1. The van der Waals surface area contributed by atoms with Crippen molar-refractivity contribution in [1.82, 2.24) is 25.7 Å². The molecular weight excluding hydrogens is 386 g/mol. The summed E-state index contributed by atoms with van der Waals surface area (Å²) >= 11 is 1.53. The fraction of sp³-hybridized carbons (Fsp3) is 0.238. The van der Waals surface area contributed by atoms with E-state index in [1.807, 2.05) is 12.1 Å². The molecule has 0 radical (unpaired) electrons. The first-order chi connectivity index (χ1) is 14.3. The third-order valence-electron chi connectivity index (χ3n) is 4.42. The number of H-pyrrole nitrogens is 1. The number of rotatable bonds is 9. The number of hydrogen-bond donors (Lipinski definition) is 2. The van der Waals surface area contributed by atoms with Crippen molar-refractivity contribution in [2.75, 3.05) is 12.3 Å². The van der Waals surface area contributed by atoms with Crippen molar-refractivity contribution < 1.29 is 9.21 Å². The van der Waals surface area contributed by atoms with Gasteiger partial charge in [-0.1, -0.05) is 30.3 Å². The monoisotopic (exact) mass is 407 g/mol. The summed E-state index contributed by atoms with van der Waals surface area (Å²) in [5.41, 5.74) is 3.31. The summed E-state index contributed by atoms with van der Waals surface area (Å²) in [7, 11) is 0. The molecule has 0 unspecified atom stereocenters. The summed E-state index contributed by atoms with van der Waals surface area (Å²) in [5, 5.41) is 14.0. The van der Waals surface area contributed by atoms with E-state index in [1.54, 1.807) is 18.3 Å². The lowest BCUT2D eigenvalue weighted by atomic mass is 10.1. The van der Waals surface area contributed by atoms with Crippen LogP contribution in [-0.2, 0) is 12.8 Å². The molecule has 1 amide bonds. The summed E-state index contributed by atoms with van der Waals surface area (Å²) in [5.74, 6) is 1.30. The second-order valence-electron chi connectivity index (χ2n) is 6.54. The molecule has 148 valence electrons. The minimum absolute atomic E-state index is 0.124. The first kappa shape index (κ1) is 19.2. The molecule has 8 heteroatoms. The highest BCUT2D eigenvalue weighted by atomic mass is 32.2. The van der Waals surface area contributed by atoms with Gasteiger partial charge in [-0.15, -0.1) is 16.9 Å². The highest BCUT2D eigenvalue weighted by Gasteiger charge is 2.11. The van der Waals surface area contributed by atoms with Gasteiger partial charge in [0.15, 0.2) is 11.5 Å². The maximum Gasteiger partial charge on any atom is 0.251 e. The predicted octanol–water partition coefficient (Wildman–Crippen LogP) is 3.64. The normalized spacial score (nSPS) is 11.0. The van der Waals surface area contributed by atoms with E-state index in [-0.39, 0.29) is 5.91 Å². The van der Waals surface area contributed by atoms with Crippen LogP contribution in [0.5, 0.6) is 0 Å². The van der Waals surface area contributed by atoms with Crippen molar-refractivity contribution in [1.29, 1.82) is 0 Å². The zero-order chi connectivity index (χ0) is 19.9. The van der Waals surface area contributed by atoms with Gasteiger partial charge in [0.1, 0.15) is 10.5 Å². The molecule has 0 spiro atoms. The molecule has 4 aromatic rings. The fourth-order valence-electron chi connectivity index (χ4n) is 2.99. The van der Waals surface area contributed by atoms with Crippen LogP contribution in [0.3, 0.4) is 0 Å². The molecule has 0 saturated heterocycles. The predicted molar refractivity (Wildman–Crippen MR) is 112 cm³/mol. The lowest BCUT2D eigenvalue weighted by Crippen LogP contribution is -2.25. The van der Waals surface area contributed by atoms with Crippen molar-refractivity contribution >= 4 is 28.8 Å². The Balaban J connectivity index is 1.29. The Labute approximate surface area is 172 Å². The lowest BCUT2D eigenvalue weighted by molar-refractivity contribution is 0.0956. The van der Waals surface area contributed by atoms with Gasteiger partial charge in [-0.3, -0.25) is 4.79 Å². The summed E-state index contributed by atoms with van der Waals surface area (Å²) in [4.78, 5) is 16.9. The van der Waals surface area contributed by atoms with E-state index in [4.69, 9.17) is 4.42 Å². The number of fused-ring (bicyclic) bond motifs is 1. The van der Waals surface area contributed by atoms with Gasteiger partial charge < -0.3 is 9.73 Å². The number of amides is 1. The zero-order valence-electron chi connectivity index (χ0n) is 15.8. The molecule has 0 fully saturated rings. The Morgan fingerprint density at radius 1 is 1.14 bits per heavy atom. The average Bonchev–Trinajstić information content (AvgIpc) is 3.40. The van der Waals surface area contributed by atoms with Crippen molar-refractivity contribution in [2.24, 2.45) is 0 Å². The molecule has 2 N–H and O–H groups in total. The first-order valence-electron chi connectivity index (χ1n) is 9.48. The number of benzene rings is 2. The van der Waals surface area contributed by atoms with Crippen LogP contribution in [0, 0.1) is 0 Å². The third-order valence-corrected chi connectivity index (χ3v) is 5.32. The van der Waals surface area contributed by atoms with Crippen molar-refractivity contribution in [3.05, 3.63) is 71.7 Å². The van der Waals surface area contributed by atoms with Gasteiger partial charge in [0.2, 0.25) is 0 Å². The smallest absolute Gasteiger partial charge is 0.251 e. The molecule has 0 aliphatic carbocycles. The van der Waals surface area contributed by atoms with Crippen LogP contribution in [0.1, 0.15) is 28.2 Å². The summed E-state index contributed by atoms with van der Waals surface area (Å²) in [6, 6.07) is 15.7. The molecule has 7 nitrogen and oxygen atoms in total. The zero-order valence-corrected chi connectivity index (χ0v) is 16.6. The van der Waals surface area contributed by atoms with Crippen LogP contribution >= 0.6 is 11.8 Å². The number of aromatic nitrogens is 4. The van der Waals surface area contributed by atoms with Gasteiger partial charge in [-0.25, -0.2) is 4.98 Å². The number of hydrogen-bond acceptors (Lipinski definition) is 6. The first-order valence-corrected chi connectivity index (χ1v) is 10.5. The molecule has 4 rings (SSSR count). The Morgan fingerprint density at radius 3 is 2.86 bits per heavy atom. The molecule has 29 heavy (non-hydrogen) atoms. The van der Waals surface area contributed by atoms with E-state index in [0.717, 1.165) is 30.0 Å². The minimum Gasteiger partial charge on any atom is -0.441 e. The Morgan fingerprint density at radius 2 is 2.03 bits per heavy atom. The summed E-state index contributed by atoms with van der Waals surface area (Å²) < 4.78 is 5.82. The molecule has 0 saturated carbocycles. The summed E-state index contributed by atoms with van der Waals surface area (Å²) in [6.45, 7) is 0.540. The number of carbonyl (C=O) groups is 1. The van der Waals surface area contributed by atoms with Crippen molar-refractivity contribution in [3.63, 3.8) is 0 Å². The van der Waals surface area contributed by atoms with Gasteiger partial charge in [-0.2, -0.15) is 10.3 Å². The number of nitrogens with zero attached hydrogens (tertiary/aromatic N) is 3. The molecule has 0 atom stereocenters. The van der Waals surface area contributed by atoms with Gasteiger partial charge >= 0.3 is 0 Å². The largest absolute Gasteiger partial charge is 0.441 e. The second-order valence-corrected chi connectivity index (χ2v) is 7.66. The SMILES string of the molecule is O=C(NCCSc1cn[nH]n1)c1ccc2oc(CCCc3ccccc3)nc2c1. The van der Waals surface area contributed by atoms with Crippen LogP contribution in [0.2, 0.25) is 0 Å². The number of thioether (sulfide) groups is 1. The van der Waals surface area contributed by atoms with Gasteiger partial charge in [0.25, 0.3) is 5.91 Å². The van der Waals surface area contributed by atoms with E-state index in [9.17, 15) is 4.79 Å². The van der Waals surface area contributed by atoms with Crippen LogP contribution in [0.15, 0.2) is 64.2 Å². The highest BCUT2D eigenvalue weighted by molar-refractivity contribution is 7.99. The van der Waals surface area contributed by atoms with Crippen molar-refractivity contribution in [2.45, 2.75) is 24.3 Å². The molecule has 2 aromatic heterocycles. The Bertz CT molecular complexity index is 1060. The van der Waals surface area contributed by atoms with Gasteiger partial charge in [-0.05, 0) is 36.6 Å². The maximum absolute atomic E-state index is 12.4. The average molecular weight is 407 g/mol. The molecule has 0 aliphatic heterocycles. The van der Waals surface area contributed by atoms with Crippen LogP contribution in [0.25, 0.3) is 11.1 Å². The number of carbonyl (C=O) groups excluding carboxylic acids is 1.